The Hall–Kier alpha value is -1.15. The summed E-state index contributed by atoms with van der Waals surface area (Å²) < 4.78 is 0. The monoisotopic (exact) mass is 190 g/mol. The molecule has 0 saturated heterocycles. The van der Waals surface area contributed by atoms with Crippen LogP contribution in [-0.4, -0.2) is 5.78 Å². The minimum Gasteiger partial charge on any atom is -0.294 e. The number of carbonyl (C=O) groups is 1. The number of benzene rings is 1. The van der Waals surface area contributed by atoms with Gasteiger partial charge in [0.1, 0.15) is 0 Å². The molecule has 1 heterocycles. The molecule has 0 saturated carbocycles. The van der Waals surface area contributed by atoms with Crippen LogP contribution in [0, 0.1) is 6.92 Å². The molecular weight excluding hydrogens is 180 g/mol. The fourth-order valence-electron chi connectivity index (χ4n) is 1.51. The maximum absolute atomic E-state index is 11.3. The van der Waals surface area contributed by atoms with Gasteiger partial charge in [-0.05, 0) is 19.2 Å². The Morgan fingerprint density at radius 1 is 1.23 bits per heavy atom. The number of aryl methyl sites for hydroxylation is 1. The van der Waals surface area contributed by atoms with E-state index in [2.05, 4.69) is 13.0 Å². The van der Waals surface area contributed by atoms with Gasteiger partial charge in [-0.2, -0.15) is 0 Å². The standard InChI is InChI=1S/C11H10OS/c1-7(12)11-10-6-4-3-5-9(10)8(2)13-11/h3-6H,1-2H3. The first-order valence-corrected chi connectivity index (χ1v) is 5.01. The van der Waals surface area contributed by atoms with Gasteiger partial charge in [0.25, 0.3) is 0 Å². The van der Waals surface area contributed by atoms with Crippen LogP contribution < -0.4 is 0 Å². The third kappa shape index (κ3) is 1.27. The van der Waals surface area contributed by atoms with Gasteiger partial charge in [-0.1, -0.05) is 24.3 Å². The van der Waals surface area contributed by atoms with Crippen LogP contribution in [0.25, 0.3) is 10.8 Å². The van der Waals surface area contributed by atoms with Crippen molar-refractivity contribution in [2.24, 2.45) is 0 Å². The Morgan fingerprint density at radius 3 is 2.46 bits per heavy atom. The number of hydrogen-bond acceptors (Lipinski definition) is 2. The van der Waals surface area contributed by atoms with E-state index in [1.165, 1.54) is 10.3 Å². The van der Waals surface area contributed by atoms with Gasteiger partial charge >= 0.3 is 0 Å². The fourth-order valence-corrected chi connectivity index (χ4v) is 2.54. The average molecular weight is 190 g/mol. The van der Waals surface area contributed by atoms with Gasteiger partial charge in [0.2, 0.25) is 0 Å². The average Bonchev–Trinajstić information content (AvgIpc) is 2.45. The van der Waals surface area contributed by atoms with Crippen molar-refractivity contribution in [3.05, 3.63) is 34.0 Å². The highest BCUT2D eigenvalue weighted by atomic mass is 32.1. The van der Waals surface area contributed by atoms with Crippen LogP contribution in [0.5, 0.6) is 0 Å². The Bertz CT molecular complexity index is 468. The summed E-state index contributed by atoms with van der Waals surface area (Å²) in [5.41, 5.74) is 0. The molecule has 1 nitrogen and oxygen atoms in total. The third-order valence-electron chi connectivity index (χ3n) is 2.13. The van der Waals surface area contributed by atoms with Crippen molar-refractivity contribution in [3.8, 4) is 0 Å². The second kappa shape index (κ2) is 2.96. The Morgan fingerprint density at radius 2 is 1.85 bits per heavy atom. The number of ketones is 1. The smallest absolute Gasteiger partial charge is 0.170 e. The first-order chi connectivity index (χ1) is 6.20. The second-order valence-electron chi connectivity index (χ2n) is 3.09. The molecule has 0 fully saturated rings. The van der Waals surface area contributed by atoms with Gasteiger partial charge in [-0.15, -0.1) is 11.3 Å². The molecular formula is C11H10OS. The van der Waals surface area contributed by atoms with E-state index in [9.17, 15) is 4.79 Å². The zero-order valence-electron chi connectivity index (χ0n) is 7.63. The minimum absolute atomic E-state index is 0.161. The lowest BCUT2D eigenvalue weighted by molar-refractivity contribution is 0.102. The van der Waals surface area contributed by atoms with Crippen LogP contribution in [0.3, 0.4) is 0 Å². The largest absolute Gasteiger partial charge is 0.294 e. The molecule has 1 aromatic heterocycles. The first kappa shape index (κ1) is 8.45. The molecule has 0 aliphatic heterocycles. The van der Waals surface area contributed by atoms with E-state index in [-0.39, 0.29) is 5.78 Å². The van der Waals surface area contributed by atoms with Crippen LogP contribution in [0.4, 0.5) is 0 Å². The predicted octanol–water partition coefficient (Wildman–Crippen LogP) is 3.41. The maximum Gasteiger partial charge on any atom is 0.170 e. The molecule has 0 amide bonds. The quantitative estimate of drug-likeness (QED) is 0.630. The molecule has 0 spiro atoms. The van der Waals surface area contributed by atoms with E-state index >= 15 is 0 Å². The highest BCUT2D eigenvalue weighted by Gasteiger charge is 2.10. The highest BCUT2D eigenvalue weighted by molar-refractivity contribution is 7.15. The topological polar surface area (TPSA) is 17.1 Å². The molecule has 0 aliphatic carbocycles. The van der Waals surface area contributed by atoms with Gasteiger partial charge in [0.15, 0.2) is 5.78 Å². The summed E-state index contributed by atoms with van der Waals surface area (Å²) >= 11 is 1.59. The second-order valence-corrected chi connectivity index (χ2v) is 4.31. The zero-order valence-corrected chi connectivity index (χ0v) is 8.44. The number of carbonyl (C=O) groups excluding carboxylic acids is 1. The van der Waals surface area contributed by atoms with E-state index in [0.717, 1.165) is 10.3 Å². The molecule has 66 valence electrons. The van der Waals surface area contributed by atoms with Crippen LogP contribution >= 0.6 is 11.3 Å². The van der Waals surface area contributed by atoms with E-state index in [0.29, 0.717) is 0 Å². The van der Waals surface area contributed by atoms with Crippen LogP contribution in [-0.2, 0) is 0 Å². The van der Waals surface area contributed by atoms with Crippen LogP contribution in [0.2, 0.25) is 0 Å². The Kier molecular flexibility index (Phi) is 1.93. The number of Topliss-reactive ketones (excluding diaryl/α,β-unsaturated/α-hetero) is 1. The Balaban J connectivity index is 2.85. The van der Waals surface area contributed by atoms with Gasteiger partial charge in [-0.3, -0.25) is 4.79 Å². The molecule has 13 heavy (non-hydrogen) atoms. The van der Waals surface area contributed by atoms with E-state index in [4.69, 9.17) is 0 Å². The van der Waals surface area contributed by atoms with Crippen molar-refractivity contribution in [3.63, 3.8) is 0 Å². The number of fused-ring (bicyclic) bond motifs is 1. The lowest BCUT2D eigenvalue weighted by Crippen LogP contribution is -1.85. The molecule has 2 heteroatoms. The molecule has 0 aliphatic rings. The van der Waals surface area contributed by atoms with Crippen molar-refractivity contribution in [2.75, 3.05) is 0 Å². The van der Waals surface area contributed by atoms with Gasteiger partial charge < -0.3 is 0 Å². The number of thiophene rings is 1. The van der Waals surface area contributed by atoms with Gasteiger partial charge in [-0.25, -0.2) is 0 Å². The molecule has 0 radical (unpaired) electrons. The van der Waals surface area contributed by atoms with Gasteiger partial charge in [0.05, 0.1) is 4.88 Å². The summed E-state index contributed by atoms with van der Waals surface area (Å²) in [4.78, 5) is 13.4. The summed E-state index contributed by atoms with van der Waals surface area (Å²) in [5, 5.41) is 2.30. The molecule has 1 aromatic carbocycles. The lowest BCUT2D eigenvalue weighted by Gasteiger charge is -1.91. The summed E-state index contributed by atoms with van der Waals surface area (Å²) in [7, 11) is 0. The van der Waals surface area contributed by atoms with Crippen molar-refractivity contribution in [2.45, 2.75) is 13.8 Å². The van der Waals surface area contributed by atoms with Crippen molar-refractivity contribution < 1.29 is 4.79 Å². The molecule has 2 rings (SSSR count). The summed E-state index contributed by atoms with van der Waals surface area (Å²) in [6, 6.07) is 8.05. The lowest BCUT2D eigenvalue weighted by atomic mass is 10.1. The van der Waals surface area contributed by atoms with Crippen LogP contribution in [0.1, 0.15) is 21.5 Å². The summed E-state index contributed by atoms with van der Waals surface area (Å²) in [5.74, 6) is 0.161. The Labute approximate surface area is 81.0 Å². The number of hydrogen-bond donors (Lipinski definition) is 0. The van der Waals surface area contributed by atoms with E-state index in [1.807, 2.05) is 18.2 Å². The van der Waals surface area contributed by atoms with E-state index in [1.54, 1.807) is 18.3 Å². The van der Waals surface area contributed by atoms with E-state index < -0.39 is 0 Å². The SMILES string of the molecule is CC(=O)c1sc(C)c2ccccc12. The molecule has 0 N–H and O–H groups in total. The normalized spacial score (nSPS) is 10.6. The maximum atomic E-state index is 11.3. The summed E-state index contributed by atoms with van der Waals surface area (Å²) in [6.07, 6.45) is 0. The van der Waals surface area contributed by atoms with Crippen molar-refractivity contribution in [1.82, 2.24) is 0 Å². The van der Waals surface area contributed by atoms with Gasteiger partial charge in [0, 0.05) is 10.3 Å². The molecule has 0 unspecified atom stereocenters. The summed E-state index contributed by atoms with van der Waals surface area (Å²) in [6.45, 7) is 3.68. The molecule has 0 atom stereocenters. The van der Waals surface area contributed by atoms with Crippen LogP contribution in [0.15, 0.2) is 24.3 Å². The highest BCUT2D eigenvalue weighted by Crippen LogP contribution is 2.30. The minimum atomic E-state index is 0.161. The zero-order chi connectivity index (χ0) is 9.42. The fraction of sp³-hybridized carbons (Fsp3) is 0.182. The first-order valence-electron chi connectivity index (χ1n) is 4.19. The molecule has 0 bridgehead atoms. The third-order valence-corrected chi connectivity index (χ3v) is 3.36. The van der Waals surface area contributed by atoms with Crippen molar-refractivity contribution in [1.29, 1.82) is 0 Å². The van der Waals surface area contributed by atoms with Crippen molar-refractivity contribution >= 4 is 27.9 Å². The number of rotatable bonds is 1. The predicted molar refractivity (Wildman–Crippen MR) is 56.6 cm³/mol. The molecule has 2 aromatic rings.